The molecule has 3 N–H and O–H groups in total. The van der Waals surface area contributed by atoms with Gasteiger partial charge in [0.05, 0.1) is 17.2 Å². The Morgan fingerprint density at radius 3 is 1.52 bits per heavy atom. The lowest BCUT2D eigenvalue weighted by Gasteiger charge is -2.46. The number of aliphatic hydroxyl groups excluding tert-OH is 2. The van der Waals surface area contributed by atoms with E-state index in [-0.39, 0.29) is 50.5 Å². The van der Waals surface area contributed by atoms with Crippen molar-refractivity contribution >= 4 is 33.9 Å². The van der Waals surface area contributed by atoms with Gasteiger partial charge >= 0.3 is 24.5 Å². The summed E-state index contributed by atoms with van der Waals surface area (Å²) < 4.78 is 113. The lowest BCUT2D eigenvalue weighted by Crippen LogP contribution is -2.56. The molecule has 8 rings (SSSR count). The van der Waals surface area contributed by atoms with Crippen molar-refractivity contribution in [2.24, 2.45) is 0 Å². The highest BCUT2D eigenvalue weighted by molar-refractivity contribution is 9.10. The minimum absolute atomic E-state index is 0. The van der Waals surface area contributed by atoms with E-state index < -0.39 is 40.8 Å². The van der Waals surface area contributed by atoms with Crippen molar-refractivity contribution in [3.63, 3.8) is 0 Å². The van der Waals surface area contributed by atoms with E-state index in [0.29, 0.717) is 80.7 Å². The molecule has 4 aromatic rings. The van der Waals surface area contributed by atoms with Crippen LogP contribution in [0.1, 0.15) is 115 Å². The number of benzene rings is 2. The number of amides is 2. The lowest BCUT2D eigenvalue weighted by molar-refractivity contribution is -0.138. The quantitative estimate of drug-likeness (QED) is 0.0820. The second-order valence-electron chi connectivity index (χ2n) is 18.9. The van der Waals surface area contributed by atoms with Gasteiger partial charge in [0.15, 0.2) is 0 Å². The van der Waals surface area contributed by atoms with E-state index in [2.05, 4.69) is 56.9 Å². The molecule has 4 aliphatic heterocycles. The van der Waals surface area contributed by atoms with Crippen LogP contribution in [0.3, 0.4) is 0 Å². The van der Waals surface area contributed by atoms with Crippen molar-refractivity contribution in [1.82, 2.24) is 30.0 Å². The number of ether oxygens (including phenoxy) is 2. The van der Waals surface area contributed by atoms with Crippen LogP contribution in [0.2, 0.25) is 0 Å². The topological polar surface area (TPSA) is 144 Å². The Bertz CT molecular complexity index is 2360. The molecule has 0 saturated carbocycles. The summed E-state index contributed by atoms with van der Waals surface area (Å²) in [4.78, 5) is 40.9. The van der Waals surface area contributed by atoms with Crippen LogP contribution in [0, 0.1) is 11.6 Å². The largest absolute Gasteiger partial charge is 0.438 e. The fraction of sp³-hybridized carbons (Fsp3) is 0.564. The summed E-state index contributed by atoms with van der Waals surface area (Å²) in [5.41, 5.74) is -1.76. The van der Waals surface area contributed by atoms with E-state index >= 15 is 0 Å². The van der Waals surface area contributed by atoms with Gasteiger partial charge in [0.1, 0.15) is 33.3 Å². The normalized spacial score (nSPS) is 21.7. The van der Waals surface area contributed by atoms with Crippen LogP contribution in [-0.4, -0.2) is 131 Å². The molecule has 4 atom stereocenters. The van der Waals surface area contributed by atoms with Crippen LogP contribution in [0.25, 0.3) is 0 Å². The number of rotatable bonds is 14. The van der Waals surface area contributed by atoms with Crippen molar-refractivity contribution in [2.75, 3.05) is 77.0 Å². The first-order chi connectivity index (χ1) is 36.2. The standard InChI is InChI=1S/C24H27F4N3O3.C18H25FN2O3.C6H3BrF3N.C6H15N.CH4/c25-19-7-4-17(5-8-19)23(10-2-14-32)11-13-31(22(33)34-23)20-3-1-12-30(16-20)21-9-6-18(15-29-21)24(26,27)28;19-15-6-4-14(5-7-15)18(8-2-12-22)9-11-21(17(23)24-18)16-3-1-10-20-13-16;7-5-2-1-4(3-11-5)6(8,9)10;1-4-7(5-2)6-3;/h4-9,15,20,32H,1-3,10-14,16H2;4-7,16,20,22H,1-3,8-13H2;1-3H;4-6H2,1-3H3;1H4/t20-,23+;16-,18+;;;/m00.../s1. The number of aliphatic hydroxyl groups is 2. The fourth-order valence-corrected chi connectivity index (χ4v) is 9.99. The van der Waals surface area contributed by atoms with E-state index in [1.54, 1.807) is 29.2 Å². The van der Waals surface area contributed by atoms with Gasteiger partial charge in [-0.2, -0.15) is 26.3 Å². The fourth-order valence-electron chi connectivity index (χ4n) is 9.76. The molecule has 13 nitrogen and oxygen atoms in total. The Morgan fingerprint density at radius 1 is 0.675 bits per heavy atom. The van der Waals surface area contributed by atoms with E-state index in [0.717, 1.165) is 68.9 Å². The van der Waals surface area contributed by atoms with Gasteiger partial charge in [-0.05, 0) is 153 Å². The molecule has 428 valence electrons. The summed E-state index contributed by atoms with van der Waals surface area (Å²) in [7, 11) is 0. The Morgan fingerprint density at radius 2 is 1.14 bits per heavy atom. The molecule has 0 radical (unpaired) electrons. The van der Waals surface area contributed by atoms with Crippen molar-refractivity contribution in [2.45, 2.75) is 128 Å². The number of anilines is 1. The molecule has 0 spiro atoms. The third kappa shape index (κ3) is 18.5. The summed E-state index contributed by atoms with van der Waals surface area (Å²) >= 11 is 2.93. The first kappa shape index (κ1) is 64.4. The molecule has 0 bridgehead atoms. The molecular formula is C55H74BrF8N7O6. The molecule has 2 amide bonds. The molecule has 4 saturated heterocycles. The average Bonchev–Trinajstić information content (AvgIpc) is 3.42. The van der Waals surface area contributed by atoms with Crippen molar-refractivity contribution in [3.8, 4) is 0 Å². The molecule has 0 aliphatic carbocycles. The number of hydrogen-bond acceptors (Lipinski definition) is 11. The third-order valence-corrected chi connectivity index (χ3v) is 14.6. The van der Waals surface area contributed by atoms with Crippen LogP contribution >= 0.6 is 15.9 Å². The van der Waals surface area contributed by atoms with Crippen LogP contribution < -0.4 is 10.2 Å². The van der Waals surface area contributed by atoms with Crippen LogP contribution in [-0.2, 0) is 33.0 Å². The van der Waals surface area contributed by atoms with Gasteiger partial charge in [-0.3, -0.25) is 0 Å². The van der Waals surface area contributed by atoms with Gasteiger partial charge in [0.25, 0.3) is 0 Å². The first-order valence-corrected chi connectivity index (χ1v) is 26.6. The maximum absolute atomic E-state index is 13.4. The number of nitrogens with zero attached hydrogens (tertiary/aromatic N) is 6. The first-order valence-electron chi connectivity index (χ1n) is 25.8. The molecule has 2 aromatic heterocycles. The highest BCUT2D eigenvalue weighted by atomic mass is 79.9. The van der Waals surface area contributed by atoms with Crippen LogP contribution in [0.5, 0.6) is 0 Å². The molecular weight excluding hydrogens is 1090 g/mol. The molecule has 0 unspecified atom stereocenters. The number of nitrogens with one attached hydrogen (secondary N) is 1. The lowest BCUT2D eigenvalue weighted by atomic mass is 9.84. The molecule has 4 fully saturated rings. The summed E-state index contributed by atoms with van der Waals surface area (Å²) in [6.07, 6.45) is -1.32. The van der Waals surface area contributed by atoms with Gasteiger partial charge < -0.3 is 44.6 Å². The number of piperidine rings is 2. The van der Waals surface area contributed by atoms with Gasteiger partial charge in [-0.15, -0.1) is 0 Å². The second kappa shape index (κ2) is 30.3. The predicted octanol–water partition coefficient (Wildman–Crippen LogP) is 12.0. The Labute approximate surface area is 455 Å². The van der Waals surface area contributed by atoms with Gasteiger partial charge in [-0.25, -0.2) is 28.3 Å². The van der Waals surface area contributed by atoms with Crippen LogP contribution in [0.4, 0.5) is 50.5 Å². The number of pyridine rings is 2. The van der Waals surface area contributed by atoms with Crippen molar-refractivity contribution < 1.29 is 64.4 Å². The highest BCUT2D eigenvalue weighted by Gasteiger charge is 2.46. The smallest absolute Gasteiger partial charge is 0.417 e. The highest BCUT2D eigenvalue weighted by Crippen LogP contribution is 2.41. The summed E-state index contributed by atoms with van der Waals surface area (Å²) in [5.74, 6) is -0.260. The zero-order chi connectivity index (χ0) is 55.5. The summed E-state index contributed by atoms with van der Waals surface area (Å²) in [5, 5.41) is 21.9. The second-order valence-corrected chi connectivity index (χ2v) is 19.7. The average molecular weight is 1160 g/mol. The SMILES string of the molecule is C.CCN(CC)CC.FC(F)(F)c1ccc(Br)nc1.O=C1O[C@@](CCCO)(c2ccc(F)cc2)CCN1[C@H]1CCCN(c2ccc(C(F)(F)F)cn2)C1.O=C1O[C@@](CCCO)(c2ccc(F)cc2)CCN1[C@H]1CCCNC1. The third-order valence-electron chi connectivity index (χ3n) is 14.1. The van der Waals surface area contributed by atoms with Crippen LogP contribution in [0.15, 0.2) is 89.8 Å². The van der Waals surface area contributed by atoms with Gasteiger partial charge in [-0.1, -0.05) is 52.5 Å². The minimum atomic E-state index is -4.44. The zero-order valence-electron chi connectivity index (χ0n) is 43.2. The van der Waals surface area contributed by atoms with Gasteiger partial charge in [0.2, 0.25) is 0 Å². The predicted molar refractivity (Wildman–Crippen MR) is 282 cm³/mol. The van der Waals surface area contributed by atoms with Crippen molar-refractivity contribution in [1.29, 1.82) is 0 Å². The van der Waals surface area contributed by atoms with E-state index in [1.165, 1.54) is 56.0 Å². The summed E-state index contributed by atoms with van der Waals surface area (Å²) in [6.45, 7) is 14.0. The molecule has 4 aliphatic rings. The molecule has 77 heavy (non-hydrogen) atoms. The Kier molecular flexibility index (Phi) is 25.3. The number of alkyl halides is 6. The van der Waals surface area contributed by atoms with E-state index in [1.807, 2.05) is 9.80 Å². The molecule has 2 aromatic carbocycles. The van der Waals surface area contributed by atoms with E-state index in [4.69, 9.17) is 9.47 Å². The van der Waals surface area contributed by atoms with Crippen molar-refractivity contribution in [3.05, 3.63) is 124 Å². The summed E-state index contributed by atoms with van der Waals surface area (Å²) in [6, 6.07) is 16.6. The number of halogens is 9. The number of carbonyl (C=O) groups is 2. The number of cyclic esters (lactones) is 2. The number of carbonyl (C=O) groups excluding carboxylic acids is 2. The maximum Gasteiger partial charge on any atom is 0.417 e. The number of hydrogen-bond donors (Lipinski definition) is 3. The number of aromatic nitrogens is 2. The maximum atomic E-state index is 13.4. The Balaban J connectivity index is 0.000000257. The Hall–Kier alpha value is -5.16. The van der Waals surface area contributed by atoms with E-state index in [9.17, 15) is 54.9 Å². The molecule has 22 heteroatoms. The van der Waals surface area contributed by atoms with Gasteiger partial charge in [0, 0.05) is 77.2 Å². The monoisotopic (exact) mass is 1160 g/mol. The molecule has 6 heterocycles. The minimum Gasteiger partial charge on any atom is -0.438 e. The zero-order valence-corrected chi connectivity index (χ0v) is 44.8.